The van der Waals surface area contributed by atoms with E-state index in [2.05, 4.69) is 25.5 Å². The molecule has 2 aromatic rings. The predicted molar refractivity (Wildman–Crippen MR) is 64.5 cm³/mol. The smallest absolute Gasteiger partial charge is 0.379 e. The fourth-order valence-corrected chi connectivity index (χ4v) is 1.56. The summed E-state index contributed by atoms with van der Waals surface area (Å²) in [5.41, 5.74) is -1.97. The first-order valence-electron chi connectivity index (χ1n) is 5.67. The number of nitro groups is 1. The van der Waals surface area contributed by atoms with E-state index in [1.54, 1.807) is 0 Å². The van der Waals surface area contributed by atoms with E-state index in [4.69, 9.17) is 0 Å². The number of aromatic nitrogens is 4. The zero-order valence-electron chi connectivity index (χ0n) is 10.4. The van der Waals surface area contributed by atoms with Crippen molar-refractivity contribution >= 4 is 11.4 Å². The van der Waals surface area contributed by atoms with Crippen LogP contribution in [0.25, 0.3) is 0 Å². The lowest BCUT2D eigenvalue weighted by atomic mass is 10.2. The molecule has 0 saturated heterocycles. The second-order valence-corrected chi connectivity index (χ2v) is 3.95. The summed E-state index contributed by atoms with van der Waals surface area (Å²) in [7, 11) is 0. The molecule has 21 heavy (non-hydrogen) atoms. The van der Waals surface area contributed by atoms with Gasteiger partial charge in [-0.3, -0.25) is 15.2 Å². The molecule has 8 nitrogen and oxygen atoms in total. The number of anilines is 1. The minimum Gasteiger partial charge on any atom is -0.379 e. The van der Waals surface area contributed by atoms with Crippen molar-refractivity contribution in [2.75, 3.05) is 11.9 Å². The standard InChI is InChI=1S/C10H9F3N6O2/c11-10(12,13)8-3-6(7(4-15-8)19(20)21)14-2-1-9-16-5-17-18-9/h3-5H,1-2H2,(H,14,15)(H,16,17,18). The van der Waals surface area contributed by atoms with Crippen molar-refractivity contribution in [2.45, 2.75) is 12.6 Å². The molecular formula is C10H9F3N6O2. The number of rotatable bonds is 5. The molecule has 11 heteroatoms. The molecule has 0 radical (unpaired) electrons. The van der Waals surface area contributed by atoms with Crippen LogP contribution in [0.5, 0.6) is 0 Å². The SMILES string of the molecule is O=[N+]([O-])c1cnc(C(F)(F)F)cc1NCCc1ncn[nH]1. The Hall–Kier alpha value is -2.72. The second-order valence-electron chi connectivity index (χ2n) is 3.95. The number of pyridine rings is 1. The van der Waals surface area contributed by atoms with E-state index < -0.39 is 22.5 Å². The van der Waals surface area contributed by atoms with Crippen molar-refractivity contribution in [2.24, 2.45) is 0 Å². The summed E-state index contributed by atoms with van der Waals surface area (Å²) in [6.07, 6.45) is -2.48. The van der Waals surface area contributed by atoms with E-state index in [9.17, 15) is 23.3 Å². The highest BCUT2D eigenvalue weighted by Crippen LogP contribution is 2.32. The van der Waals surface area contributed by atoms with Crippen LogP contribution >= 0.6 is 0 Å². The van der Waals surface area contributed by atoms with Gasteiger partial charge in [-0.25, -0.2) is 9.97 Å². The summed E-state index contributed by atoms with van der Waals surface area (Å²) >= 11 is 0. The van der Waals surface area contributed by atoms with Crippen LogP contribution in [0.3, 0.4) is 0 Å². The van der Waals surface area contributed by atoms with Crippen LogP contribution in [-0.4, -0.2) is 31.6 Å². The molecule has 0 aliphatic carbocycles. The summed E-state index contributed by atoms with van der Waals surface area (Å²) < 4.78 is 37.7. The first kappa shape index (κ1) is 14.7. The third-order valence-electron chi connectivity index (χ3n) is 2.51. The van der Waals surface area contributed by atoms with Gasteiger partial charge in [0.2, 0.25) is 0 Å². The van der Waals surface area contributed by atoms with E-state index in [-0.39, 0.29) is 12.2 Å². The van der Waals surface area contributed by atoms with E-state index in [0.717, 1.165) is 0 Å². The van der Waals surface area contributed by atoms with Crippen LogP contribution in [0.4, 0.5) is 24.5 Å². The highest BCUT2D eigenvalue weighted by atomic mass is 19.4. The average molecular weight is 302 g/mol. The summed E-state index contributed by atoms with van der Waals surface area (Å²) in [4.78, 5) is 16.9. The van der Waals surface area contributed by atoms with E-state index in [1.807, 2.05) is 0 Å². The molecule has 0 aliphatic rings. The summed E-state index contributed by atoms with van der Waals surface area (Å²) in [5, 5.41) is 19.5. The normalized spacial score (nSPS) is 11.4. The summed E-state index contributed by atoms with van der Waals surface area (Å²) in [6.45, 7) is 0.150. The van der Waals surface area contributed by atoms with Gasteiger partial charge < -0.3 is 5.32 Å². The topological polar surface area (TPSA) is 110 Å². The predicted octanol–water partition coefficient (Wildman–Crippen LogP) is 1.78. The Morgan fingerprint density at radius 3 is 2.71 bits per heavy atom. The number of alkyl halides is 3. The maximum absolute atomic E-state index is 12.6. The monoisotopic (exact) mass is 302 g/mol. The quantitative estimate of drug-likeness (QED) is 0.643. The number of hydrogen-bond acceptors (Lipinski definition) is 6. The van der Waals surface area contributed by atoms with E-state index in [0.29, 0.717) is 24.5 Å². The Bertz CT molecular complexity index is 628. The van der Waals surface area contributed by atoms with Crippen molar-refractivity contribution in [3.8, 4) is 0 Å². The van der Waals surface area contributed by atoms with Crippen molar-refractivity contribution in [3.63, 3.8) is 0 Å². The molecule has 112 valence electrons. The third-order valence-corrected chi connectivity index (χ3v) is 2.51. The average Bonchev–Trinajstić information content (AvgIpc) is 2.90. The molecule has 0 saturated carbocycles. The number of nitrogens with one attached hydrogen (secondary N) is 2. The molecule has 0 unspecified atom stereocenters. The number of halogens is 3. The van der Waals surface area contributed by atoms with Gasteiger partial charge in [0, 0.05) is 13.0 Å². The Morgan fingerprint density at radius 1 is 1.38 bits per heavy atom. The van der Waals surface area contributed by atoms with Crippen LogP contribution in [-0.2, 0) is 12.6 Å². The molecule has 0 spiro atoms. The second kappa shape index (κ2) is 5.73. The Balaban J connectivity index is 2.16. The first-order chi connectivity index (χ1) is 9.88. The molecule has 0 fully saturated rings. The Kier molecular flexibility index (Phi) is 4.00. The van der Waals surface area contributed by atoms with Gasteiger partial charge in [0.05, 0.1) is 4.92 Å². The lowest BCUT2D eigenvalue weighted by molar-refractivity contribution is -0.384. The van der Waals surface area contributed by atoms with Crippen LogP contribution < -0.4 is 5.32 Å². The number of hydrogen-bond donors (Lipinski definition) is 2. The Morgan fingerprint density at radius 2 is 2.14 bits per heavy atom. The lowest BCUT2D eigenvalue weighted by Gasteiger charge is -2.09. The molecule has 2 heterocycles. The molecule has 0 amide bonds. The maximum Gasteiger partial charge on any atom is 0.433 e. The molecule has 2 rings (SSSR count). The summed E-state index contributed by atoms with van der Waals surface area (Å²) in [5.74, 6) is 0.509. The van der Waals surface area contributed by atoms with Crippen molar-refractivity contribution in [3.05, 3.63) is 40.2 Å². The largest absolute Gasteiger partial charge is 0.433 e. The van der Waals surface area contributed by atoms with Gasteiger partial charge in [-0.15, -0.1) is 0 Å². The fourth-order valence-electron chi connectivity index (χ4n) is 1.56. The minimum absolute atomic E-state index is 0.150. The molecule has 2 N–H and O–H groups in total. The number of nitrogens with zero attached hydrogens (tertiary/aromatic N) is 4. The molecular weight excluding hydrogens is 293 g/mol. The lowest BCUT2D eigenvalue weighted by Crippen LogP contribution is -2.12. The molecule has 0 atom stereocenters. The van der Waals surface area contributed by atoms with Gasteiger partial charge in [-0.1, -0.05) is 0 Å². The molecule has 0 aromatic carbocycles. The molecule has 2 aromatic heterocycles. The fraction of sp³-hybridized carbons (Fsp3) is 0.300. The van der Waals surface area contributed by atoms with E-state index >= 15 is 0 Å². The van der Waals surface area contributed by atoms with Gasteiger partial charge in [0.15, 0.2) is 0 Å². The maximum atomic E-state index is 12.6. The van der Waals surface area contributed by atoms with Gasteiger partial charge in [0.1, 0.15) is 29.7 Å². The van der Waals surface area contributed by atoms with Crippen LogP contribution in [0.1, 0.15) is 11.5 Å². The van der Waals surface area contributed by atoms with Crippen molar-refractivity contribution in [1.29, 1.82) is 0 Å². The van der Waals surface area contributed by atoms with Crippen LogP contribution in [0.15, 0.2) is 18.6 Å². The van der Waals surface area contributed by atoms with E-state index in [1.165, 1.54) is 6.33 Å². The zero-order valence-corrected chi connectivity index (χ0v) is 10.4. The highest BCUT2D eigenvalue weighted by molar-refractivity contribution is 5.61. The van der Waals surface area contributed by atoms with Crippen molar-refractivity contribution < 1.29 is 18.1 Å². The van der Waals surface area contributed by atoms with Gasteiger partial charge >= 0.3 is 11.9 Å². The molecule has 0 aliphatic heterocycles. The zero-order chi connectivity index (χ0) is 15.5. The van der Waals surface area contributed by atoms with Gasteiger partial charge in [-0.05, 0) is 6.07 Å². The highest BCUT2D eigenvalue weighted by Gasteiger charge is 2.34. The number of aromatic amines is 1. The first-order valence-corrected chi connectivity index (χ1v) is 5.67. The van der Waals surface area contributed by atoms with Gasteiger partial charge in [-0.2, -0.15) is 18.3 Å². The molecule has 0 bridgehead atoms. The number of H-pyrrole nitrogens is 1. The Labute approximate surface area is 115 Å². The van der Waals surface area contributed by atoms with Crippen LogP contribution in [0.2, 0.25) is 0 Å². The van der Waals surface area contributed by atoms with Gasteiger partial charge in [0.25, 0.3) is 0 Å². The van der Waals surface area contributed by atoms with Crippen LogP contribution in [0, 0.1) is 10.1 Å². The third kappa shape index (κ3) is 3.64. The van der Waals surface area contributed by atoms with Crippen molar-refractivity contribution in [1.82, 2.24) is 20.2 Å². The minimum atomic E-state index is -4.67. The summed E-state index contributed by atoms with van der Waals surface area (Å²) in [6, 6.07) is 0.610.